The largest absolute Gasteiger partial charge is 0.595 e. The van der Waals surface area contributed by atoms with Gasteiger partial charge in [-0.15, -0.1) is 0 Å². The standard InChI is InChI=1S/C8H8N2O5/c11-7-4-2-1-3-5(10(13)14)6(4)15-8(12)9-7/h1-3,7,10-11,13H,(H,9,12). The Labute approximate surface area is 84.0 Å². The van der Waals surface area contributed by atoms with E-state index in [1.807, 2.05) is 0 Å². The minimum absolute atomic E-state index is 0.110. The topological polar surface area (TPSA) is 106 Å². The second-order valence-corrected chi connectivity index (χ2v) is 2.97. The summed E-state index contributed by atoms with van der Waals surface area (Å²) in [4.78, 5) is 10.9. The molecule has 0 radical (unpaired) electrons. The van der Waals surface area contributed by atoms with Gasteiger partial charge in [-0.05, 0) is 0 Å². The van der Waals surface area contributed by atoms with Gasteiger partial charge in [0.15, 0.2) is 6.23 Å². The highest BCUT2D eigenvalue weighted by molar-refractivity contribution is 5.76. The molecule has 0 saturated carbocycles. The van der Waals surface area contributed by atoms with Crippen molar-refractivity contribution < 1.29 is 25.1 Å². The van der Waals surface area contributed by atoms with Crippen LogP contribution in [0.25, 0.3) is 0 Å². The normalized spacial score (nSPS) is 21.3. The van der Waals surface area contributed by atoms with E-state index in [0.717, 1.165) is 0 Å². The smallest absolute Gasteiger partial charge is 0.415 e. The first-order chi connectivity index (χ1) is 7.09. The Morgan fingerprint density at radius 2 is 2.27 bits per heavy atom. The van der Waals surface area contributed by atoms with Gasteiger partial charge < -0.3 is 15.1 Å². The Hall–Kier alpha value is -1.67. The molecule has 1 heterocycles. The second kappa shape index (κ2) is 3.48. The summed E-state index contributed by atoms with van der Waals surface area (Å²) in [6.07, 6.45) is -2.11. The number of benzene rings is 1. The summed E-state index contributed by atoms with van der Waals surface area (Å²) < 4.78 is 4.70. The zero-order valence-corrected chi connectivity index (χ0v) is 7.43. The number of quaternary nitrogens is 1. The first-order valence-electron chi connectivity index (χ1n) is 4.12. The van der Waals surface area contributed by atoms with E-state index in [4.69, 9.17) is 9.94 Å². The lowest BCUT2D eigenvalue weighted by atomic mass is 10.1. The van der Waals surface area contributed by atoms with Crippen molar-refractivity contribution in [2.45, 2.75) is 6.23 Å². The fourth-order valence-corrected chi connectivity index (χ4v) is 1.36. The number of hydrogen-bond donors (Lipinski definition) is 4. The summed E-state index contributed by atoms with van der Waals surface area (Å²) in [6, 6.07) is 4.24. The van der Waals surface area contributed by atoms with Crippen molar-refractivity contribution in [3.8, 4) is 5.75 Å². The van der Waals surface area contributed by atoms with Gasteiger partial charge in [-0.1, -0.05) is 12.1 Å². The van der Waals surface area contributed by atoms with Gasteiger partial charge >= 0.3 is 6.09 Å². The molecule has 1 aromatic rings. The van der Waals surface area contributed by atoms with Crippen molar-refractivity contribution in [3.63, 3.8) is 0 Å². The summed E-state index contributed by atoms with van der Waals surface area (Å²) >= 11 is 0. The third kappa shape index (κ3) is 1.64. The quantitative estimate of drug-likeness (QED) is 0.455. The van der Waals surface area contributed by atoms with Gasteiger partial charge in [0.25, 0.3) is 0 Å². The van der Waals surface area contributed by atoms with Crippen LogP contribution in [-0.2, 0) is 0 Å². The van der Waals surface area contributed by atoms with E-state index in [1.54, 1.807) is 0 Å². The average Bonchev–Trinajstić information content (AvgIpc) is 2.16. The molecule has 1 aliphatic heterocycles. The Morgan fingerprint density at radius 3 is 2.93 bits per heavy atom. The van der Waals surface area contributed by atoms with Gasteiger partial charge in [-0.2, -0.15) is 5.23 Å². The van der Waals surface area contributed by atoms with Crippen molar-refractivity contribution in [2.75, 3.05) is 0 Å². The molecular formula is C8H8N2O5. The maximum atomic E-state index is 10.9. The molecule has 0 spiro atoms. The van der Waals surface area contributed by atoms with E-state index in [9.17, 15) is 15.1 Å². The third-order valence-electron chi connectivity index (χ3n) is 2.02. The molecule has 0 bridgehead atoms. The molecule has 0 aromatic heterocycles. The van der Waals surface area contributed by atoms with Crippen molar-refractivity contribution in [1.29, 1.82) is 0 Å². The first-order valence-corrected chi connectivity index (χ1v) is 4.12. The number of aliphatic hydroxyl groups excluding tert-OH is 1. The molecule has 1 amide bonds. The van der Waals surface area contributed by atoms with Gasteiger partial charge in [0.2, 0.25) is 11.4 Å². The van der Waals surface area contributed by atoms with Crippen LogP contribution >= 0.6 is 0 Å². The van der Waals surface area contributed by atoms with Crippen LogP contribution < -0.4 is 15.3 Å². The summed E-state index contributed by atoms with van der Waals surface area (Å²) in [6.45, 7) is 0. The molecule has 15 heavy (non-hydrogen) atoms. The van der Waals surface area contributed by atoms with E-state index in [0.29, 0.717) is 0 Å². The monoisotopic (exact) mass is 212 g/mol. The number of amides is 1. The minimum Gasteiger partial charge on any atom is -0.595 e. The number of fused-ring (bicyclic) bond motifs is 1. The summed E-state index contributed by atoms with van der Waals surface area (Å²) in [7, 11) is 0. The maximum absolute atomic E-state index is 10.9. The Morgan fingerprint density at radius 1 is 1.53 bits per heavy atom. The molecule has 1 aromatic carbocycles. The number of para-hydroxylation sites is 1. The molecule has 2 unspecified atom stereocenters. The molecule has 4 N–H and O–H groups in total. The molecular weight excluding hydrogens is 204 g/mol. The van der Waals surface area contributed by atoms with E-state index in [-0.39, 0.29) is 17.0 Å². The molecule has 0 fully saturated rings. The fraction of sp³-hybridized carbons (Fsp3) is 0.125. The average molecular weight is 212 g/mol. The molecule has 1 aliphatic rings. The van der Waals surface area contributed by atoms with E-state index in [1.165, 1.54) is 18.2 Å². The van der Waals surface area contributed by atoms with Gasteiger partial charge in [0.05, 0.1) is 5.56 Å². The zero-order chi connectivity index (χ0) is 11.0. The molecule has 0 saturated heterocycles. The molecule has 2 atom stereocenters. The lowest BCUT2D eigenvalue weighted by Gasteiger charge is -2.24. The number of aliphatic hydroxyl groups is 1. The third-order valence-corrected chi connectivity index (χ3v) is 2.02. The van der Waals surface area contributed by atoms with E-state index >= 15 is 0 Å². The van der Waals surface area contributed by atoms with Gasteiger partial charge in [0, 0.05) is 6.07 Å². The van der Waals surface area contributed by atoms with Crippen LogP contribution in [0.15, 0.2) is 18.2 Å². The van der Waals surface area contributed by atoms with Crippen molar-refractivity contribution >= 4 is 11.8 Å². The number of ether oxygens (including phenoxy) is 1. The van der Waals surface area contributed by atoms with Gasteiger partial charge in [-0.25, -0.2) is 10.0 Å². The van der Waals surface area contributed by atoms with Crippen molar-refractivity contribution in [2.24, 2.45) is 0 Å². The highest BCUT2D eigenvalue weighted by Crippen LogP contribution is 2.32. The molecule has 2 rings (SSSR count). The van der Waals surface area contributed by atoms with Crippen LogP contribution in [0.4, 0.5) is 10.5 Å². The Bertz CT molecular complexity index is 392. The lowest BCUT2D eigenvalue weighted by Crippen LogP contribution is -2.99. The summed E-state index contributed by atoms with van der Waals surface area (Å²) in [5.41, 5.74) is 0.0795. The number of carbonyl (C=O) groups is 1. The lowest BCUT2D eigenvalue weighted by molar-refractivity contribution is -0.991. The van der Waals surface area contributed by atoms with Crippen molar-refractivity contribution in [3.05, 3.63) is 29.0 Å². The van der Waals surface area contributed by atoms with Gasteiger partial charge in [0.1, 0.15) is 0 Å². The maximum Gasteiger partial charge on any atom is 0.415 e. The van der Waals surface area contributed by atoms with Gasteiger partial charge in [-0.3, -0.25) is 5.32 Å². The number of hydrogen-bond acceptors (Lipinski definition) is 5. The zero-order valence-electron chi connectivity index (χ0n) is 7.43. The molecule has 7 heteroatoms. The number of rotatable bonds is 1. The molecule has 7 nitrogen and oxygen atoms in total. The Balaban J connectivity index is 2.54. The molecule has 0 aliphatic carbocycles. The van der Waals surface area contributed by atoms with Crippen molar-refractivity contribution in [1.82, 2.24) is 5.32 Å². The second-order valence-electron chi connectivity index (χ2n) is 2.97. The number of carbonyl (C=O) groups excluding carboxylic acids is 1. The van der Waals surface area contributed by atoms with Crippen LogP contribution in [0.1, 0.15) is 11.8 Å². The summed E-state index contributed by atoms with van der Waals surface area (Å²) in [5.74, 6) is -0.110. The predicted molar refractivity (Wildman–Crippen MR) is 46.3 cm³/mol. The first kappa shape index (κ1) is 9.87. The van der Waals surface area contributed by atoms with E-state index < -0.39 is 17.5 Å². The van der Waals surface area contributed by atoms with E-state index in [2.05, 4.69) is 5.32 Å². The van der Waals surface area contributed by atoms with Crippen LogP contribution in [-0.4, -0.2) is 16.4 Å². The van der Waals surface area contributed by atoms with Crippen LogP contribution in [0.5, 0.6) is 5.75 Å². The van der Waals surface area contributed by atoms with Crippen LogP contribution in [0.3, 0.4) is 0 Å². The van der Waals surface area contributed by atoms with Crippen LogP contribution in [0.2, 0.25) is 0 Å². The number of nitrogens with one attached hydrogen (secondary N) is 2. The summed E-state index contributed by atoms with van der Waals surface area (Å²) in [5, 5.41) is 29.9. The highest BCUT2D eigenvalue weighted by atomic mass is 16.8. The Kier molecular flexibility index (Phi) is 2.29. The molecule has 80 valence electrons. The predicted octanol–water partition coefficient (Wildman–Crippen LogP) is -0.817. The SMILES string of the molecule is O=C1NC(O)c2cccc([NH+]([O-])O)c2O1. The fourth-order valence-electron chi connectivity index (χ4n) is 1.36. The highest BCUT2D eigenvalue weighted by Gasteiger charge is 2.28. The van der Waals surface area contributed by atoms with Crippen LogP contribution in [0, 0.1) is 5.21 Å². The minimum atomic E-state index is -1.24.